The number of carbonyl (C=O) groups excluding carboxylic acids is 1. The van der Waals surface area contributed by atoms with Crippen molar-refractivity contribution in [3.05, 3.63) is 17.5 Å². The molecule has 1 amide bonds. The van der Waals surface area contributed by atoms with E-state index in [0.717, 1.165) is 44.8 Å². The van der Waals surface area contributed by atoms with Gasteiger partial charge in [0.1, 0.15) is 4.21 Å². The molecule has 0 unspecified atom stereocenters. The molecule has 2 saturated heterocycles. The van der Waals surface area contributed by atoms with Gasteiger partial charge in [0, 0.05) is 26.2 Å². The summed E-state index contributed by atoms with van der Waals surface area (Å²) in [5.41, 5.74) is 0. The minimum Gasteiger partial charge on any atom is -0.356 e. The molecule has 0 aromatic carbocycles. The van der Waals surface area contributed by atoms with Crippen LogP contribution in [0.25, 0.3) is 0 Å². The lowest BCUT2D eigenvalue weighted by molar-refractivity contribution is -0.126. The topological polar surface area (TPSA) is 69.7 Å². The first-order valence-corrected chi connectivity index (χ1v) is 12.3. The zero-order valence-corrected chi connectivity index (χ0v) is 17.7. The molecule has 0 bridgehead atoms. The molecule has 2 atom stereocenters. The van der Waals surface area contributed by atoms with Crippen molar-refractivity contribution in [2.45, 2.75) is 43.2 Å². The van der Waals surface area contributed by atoms with Crippen LogP contribution in [0, 0.1) is 11.8 Å². The normalized spacial score (nSPS) is 25.4. The average Bonchev–Trinajstić information content (AvgIpc) is 3.21. The van der Waals surface area contributed by atoms with Crippen LogP contribution < -0.4 is 5.32 Å². The van der Waals surface area contributed by atoms with Crippen molar-refractivity contribution in [2.75, 3.05) is 39.3 Å². The Kier molecular flexibility index (Phi) is 7.30. The Balaban J connectivity index is 1.43. The fourth-order valence-corrected chi connectivity index (χ4v) is 6.73. The molecule has 2 aliphatic rings. The van der Waals surface area contributed by atoms with Crippen LogP contribution in [-0.4, -0.2) is 62.8 Å². The largest absolute Gasteiger partial charge is 0.356 e. The zero-order valence-electron chi connectivity index (χ0n) is 16.1. The lowest BCUT2D eigenvalue weighted by Crippen LogP contribution is -2.45. The summed E-state index contributed by atoms with van der Waals surface area (Å²) in [5, 5.41) is 4.79. The third kappa shape index (κ3) is 5.53. The van der Waals surface area contributed by atoms with Crippen LogP contribution in [0.5, 0.6) is 0 Å². The van der Waals surface area contributed by atoms with Gasteiger partial charge >= 0.3 is 0 Å². The summed E-state index contributed by atoms with van der Waals surface area (Å²) < 4.78 is 27.2. The monoisotopic (exact) mass is 413 g/mol. The smallest absolute Gasteiger partial charge is 0.252 e. The molecular formula is C19H31N3O3S2. The summed E-state index contributed by atoms with van der Waals surface area (Å²) in [6, 6.07) is 3.37. The summed E-state index contributed by atoms with van der Waals surface area (Å²) in [6.45, 7) is 7.09. The highest BCUT2D eigenvalue weighted by Gasteiger charge is 2.33. The van der Waals surface area contributed by atoms with E-state index in [4.69, 9.17) is 0 Å². The van der Waals surface area contributed by atoms with Gasteiger partial charge in [-0.1, -0.05) is 13.0 Å². The van der Waals surface area contributed by atoms with Crippen LogP contribution in [0.15, 0.2) is 21.7 Å². The van der Waals surface area contributed by atoms with E-state index in [-0.39, 0.29) is 18.4 Å². The number of nitrogens with one attached hydrogen (secondary N) is 1. The maximum Gasteiger partial charge on any atom is 0.252 e. The van der Waals surface area contributed by atoms with E-state index in [1.165, 1.54) is 28.5 Å². The first kappa shape index (κ1) is 20.8. The van der Waals surface area contributed by atoms with Gasteiger partial charge in [0.2, 0.25) is 5.91 Å². The van der Waals surface area contributed by atoms with Crippen molar-refractivity contribution in [2.24, 2.45) is 11.8 Å². The number of rotatable bonds is 7. The van der Waals surface area contributed by atoms with Crippen molar-refractivity contribution < 1.29 is 13.2 Å². The number of nitrogens with zero attached hydrogens (tertiary/aromatic N) is 2. The number of hydrogen-bond acceptors (Lipinski definition) is 5. The highest BCUT2D eigenvalue weighted by atomic mass is 32.2. The van der Waals surface area contributed by atoms with E-state index in [9.17, 15) is 13.2 Å². The van der Waals surface area contributed by atoms with Crippen LogP contribution >= 0.6 is 11.3 Å². The molecule has 0 aliphatic carbocycles. The summed E-state index contributed by atoms with van der Waals surface area (Å²) in [5.74, 6) is 0.517. The van der Waals surface area contributed by atoms with Crippen molar-refractivity contribution in [3.63, 3.8) is 0 Å². The quantitative estimate of drug-likeness (QED) is 0.697. The highest BCUT2D eigenvalue weighted by Crippen LogP contribution is 2.26. The average molecular weight is 414 g/mol. The molecule has 2 fully saturated rings. The molecule has 2 aliphatic heterocycles. The molecule has 8 heteroatoms. The standard InChI is InChI=1S/C19H31N3O3S2/c1-16-6-2-10-21(14-16)11-5-9-20-19(23)17-7-3-12-22(15-17)27(24,25)18-8-4-13-26-18/h4,8,13,16-17H,2-3,5-7,9-12,14-15H2,1H3,(H,20,23)/t16-,17+/m0/s1. The highest BCUT2D eigenvalue weighted by molar-refractivity contribution is 7.91. The van der Waals surface area contributed by atoms with Gasteiger partial charge in [-0.25, -0.2) is 8.42 Å². The molecule has 3 rings (SSSR count). The van der Waals surface area contributed by atoms with Gasteiger partial charge in [0.15, 0.2) is 0 Å². The summed E-state index contributed by atoms with van der Waals surface area (Å²) in [6.07, 6.45) is 5.02. The minimum absolute atomic E-state index is 0.00640. The van der Waals surface area contributed by atoms with Crippen molar-refractivity contribution in [1.29, 1.82) is 0 Å². The first-order chi connectivity index (χ1) is 13.0. The maximum atomic E-state index is 12.7. The number of sulfonamides is 1. The Labute approximate surface area is 167 Å². The Morgan fingerprint density at radius 1 is 1.26 bits per heavy atom. The second-order valence-electron chi connectivity index (χ2n) is 7.83. The van der Waals surface area contributed by atoms with Gasteiger partial charge in [0.25, 0.3) is 10.0 Å². The third-order valence-corrected chi connectivity index (χ3v) is 8.77. The predicted molar refractivity (Wildman–Crippen MR) is 108 cm³/mol. The molecule has 0 radical (unpaired) electrons. The zero-order chi connectivity index (χ0) is 19.3. The second-order valence-corrected chi connectivity index (χ2v) is 10.9. The van der Waals surface area contributed by atoms with Crippen LogP contribution in [-0.2, 0) is 14.8 Å². The minimum atomic E-state index is -3.46. The molecule has 1 N–H and O–H groups in total. The molecular weight excluding hydrogens is 382 g/mol. The molecule has 0 saturated carbocycles. The van der Waals surface area contributed by atoms with E-state index < -0.39 is 10.0 Å². The number of hydrogen-bond donors (Lipinski definition) is 1. The molecule has 3 heterocycles. The summed E-state index contributed by atoms with van der Waals surface area (Å²) >= 11 is 1.23. The third-order valence-electron chi connectivity index (χ3n) is 5.54. The molecule has 152 valence electrons. The molecule has 1 aromatic rings. The Hall–Kier alpha value is -0.960. The second kappa shape index (κ2) is 9.49. The van der Waals surface area contributed by atoms with Crippen molar-refractivity contribution >= 4 is 27.3 Å². The maximum absolute atomic E-state index is 12.7. The first-order valence-electron chi connectivity index (χ1n) is 10.0. The lowest BCUT2D eigenvalue weighted by atomic mass is 9.99. The van der Waals surface area contributed by atoms with Gasteiger partial charge in [-0.05, 0) is 62.6 Å². The van der Waals surface area contributed by atoms with Gasteiger partial charge in [0.05, 0.1) is 5.92 Å². The van der Waals surface area contributed by atoms with Crippen LogP contribution in [0.2, 0.25) is 0 Å². The van der Waals surface area contributed by atoms with E-state index >= 15 is 0 Å². The SMILES string of the molecule is C[C@H]1CCCN(CCCNC(=O)[C@@H]2CCCN(S(=O)(=O)c3cccs3)C2)C1. The van der Waals surface area contributed by atoms with Crippen molar-refractivity contribution in [1.82, 2.24) is 14.5 Å². The Bertz CT molecular complexity index is 706. The van der Waals surface area contributed by atoms with E-state index in [1.54, 1.807) is 17.5 Å². The number of piperidine rings is 2. The number of carbonyl (C=O) groups is 1. The number of likely N-dealkylation sites (tertiary alicyclic amines) is 1. The fraction of sp³-hybridized carbons (Fsp3) is 0.737. The van der Waals surface area contributed by atoms with E-state index in [0.29, 0.717) is 17.3 Å². The molecule has 6 nitrogen and oxygen atoms in total. The molecule has 1 aromatic heterocycles. The summed E-state index contributed by atoms with van der Waals surface area (Å²) in [7, 11) is -3.46. The predicted octanol–water partition coefficient (Wildman–Crippen LogP) is 2.39. The van der Waals surface area contributed by atoms with Gasteiger partial charge in [-0.2, -0.15) is 4.31 Å². The van der Waals surface area contributed by atoms with Gasteiger partial charge in [-0.15, -0.1) is 11.3 Å². The number of thiophene rings is 1. The Morgan fingerprint density at radius 2 is 2.07 bits per heavy atom. The summed E-state index contributed by atoms with van der Waals surface area (Å²) in [4.78, 5) is 15.0. The van der Waals surface area contributed by atoms with E-state index in [1.807, 2.05) is 0 Å². The number of amides is 1. The van der Waals surface area contributed by atoms with Crippen molar-refractivity contribution in [3.8, 4) is 0 Å². The van der Waals surface area contributed by atoms with Crippen LogP contribution in [0.4, 0.5) is 0 Å². The van der Waals surface area contributed by atoms with Gasteiger partial charge < -0.3 is 10.2 Å². The molecule has 0 spiro atoms. The fourth-order valence-electron chi connectivity index (χ4n) is 4.06. The van der Waals surface area contributed by atoms with Crippen LogP contribution in [0.3, 0.4) is 0 Å². The van der Waals surface area contributed by atoms with Gasteiger partial charge in [-0.3, -0.25) is 4.79 Å². The van der Waals surface area contributed by atoms with Crippen LogP contribution in [0.1, 0.15) is 39.0 Å². The molecule has 27 heavy (non-hydrogen) atoms. The van der Waals surface area contributed by atoms with E-state index in [2.05, 4.69) is 17.1 Å². The Morgan fingerprint density at radius 3 is 2.81 bits per heavy atom. The lowest BCUT2D eigenvalue weighted by Gasteiger charge is -2.31.